The maximum Gasteiger partial charge on any atom is 0.153 e. The van der Waals surface area contributed by atoms with Crippen molar-refractivity contribution in [3.8, 4) is 0 Å². The van der Waals surface area contributed by atoms with Crippen molar-refractivity contribution in [1.82, 2.24) is 0 Å². The van der Waals surface area contributed by atoms with Gasteiger partial charge < -0.3 is 0 Å². The molecule has 1 aromatic carbocycles. The summed E-state index contributed by atoms with van der Waals surface area (Å²) in [6, 6.07) is 10.2. The summed E-state index contributed by atoms with van der Waals surface area (Å²) in [5, 5.41) is 0. The van der Waals surface area contributed by atoms with Crippen LogP contribution in [0.15, 0.2) is 64.1 Å². The minimum atomic E-state index is 0.653. The number of aliphatic imine (C=N–C) groups is 2. The number of amidine groups is 1. The second-order valence-electron chi connectivity index (χ2n) is 3.92. The van der Waals surface area contributed by atoms with Crippen molar-refractivity contribution >= 4 is 12.6 Å². The van der Waals surface area contributed by atoms with Gasteiger partial charge in [-0.2, -0.15) is 0 Å². The minimum absolute atomic E-state index is 0.653. The lowest BCUT2D eigenvalue weighted by atomic mass is 10.1. The van der Waals surface area contributed by atoms with Crippen LogP contribution >= 0.6 is 0 Å². The van der Waals surface area contributed by atoms with E-state index in [1.54, 1.807) is 0 Å². The number of allylic oxidation sites excluding steroid dienone is 2. The SMILES string of the molecule is C=NC(=NCc1ccccc1)C1=CCCC=C1. The quantitative estimate of drug-likeness (QED) is 0.554. The summed E-state index contributed by atoms with van der Waals surface area (Å²) in [5.41, 5.74) is 2.27. The van der Waals surface area contributed by atoms with Crippen molar-refractivity contribution < 1.29 is 0 Å². The average molecular weight is 224 g/mol. The fourth-order valence-corrected chi connectivity index (χ4v) is 1.76. The largest absolute Gasteiger partial charge is 0.261 e. The Morgan fingerprint density at radius 3 is 2.65 bits per heavy atom. The molecule has 17 heavy (non-hydrogen) atoms. The van der Waals surface area contributed by atoms with Crippen LogP contribution in [0, 0.1) is 0 Å². The van der Waals surface area contributed by atoms with E-state index in [1.165, 1.54) is 5.56 Å². The molecule has 1 aliphatic rings. The molecule has 2 heteroatoms. The third-order valence-corrected chi connectivity index (χ3v) is 2.66. The highest BCUT2D eigenvalue weighted by Gasteiger charge is 2.03. The van der Waals surface area contributed by atoms with Crippen LogP contribution in [0.1, 0.15) is 18.4 Å². The fourth-order valence-electron chi connectivity index (χ4n) is 1.76. The summed E-state index contributed by atoms with van der Waals surface area (Å²) >= 11 is 0. The third-order valence-electron chi connectivity index (χ3n) is 2.66. The van der Waals surface area contributed by atoms with Crippen molar-refractivity contribution in [3.63, 3.8) is 0 Å². The topological polar surface area (TPSA) is 24.7 Å². The molecule has 0 saturated carbocycles. The van der Waals surface area contributed by atoms with Gasteiger partial charge >= 0.3 is 0 Å². The Kier molecular flexibility index (Phi) is 4.03. The maximum atomic E-state index is 4.50. The number of rotatable bonds is 3. The van der Waals surface area contributed by atoms with E-state index in [1.807, 2.05) is 18.2 Å². The highest BCUT2D eigenvalue weighted by atomic mass is 14.9. The Hall–Kier alpha value is -1.96. The van der Waals surface area contributed by atoms with Gasteiger partial charge in [-0.05, 0) is 25.1 Å². The lowest BCUT2D eigenvalue weighted by Crippen LogP contribution is -2.00. The molecule has 0 heterocycles. The van der Waals surface area contributed by atoms with Gasteiger partial charge in [-0.15, -0.1) is 0 Å². The molecule has 0 amide bonds. The van der Waals surface area contributed by atoms with Gasteiger partial charge in [0, 0.05) is 5.57 Å². The van der Waals surface area contributed by atoms with Gasteiger partial charge in [0.15, 0.2) is 5.84 Å². The second kappa shape index (κ2) is 5.94. The molecule has 1 aliphatic carbocycles. The van der Waals surface area contributed by atoms with E-state index in [-0.39, 0.29) is 0 Å². The highest BCUT2D eigenvalue weighted by Crippen LogP contribution is 2.13. The van der Waals surface area contributed by atoms with Gasteiger partial charge in [-0.3, -0.25) is 4.99 Å². The van der Waals surface area contributed by atoms with Crippen LogP contribution in [-0.4, -0.2) is 12.6 Å². The Morgan fingerprint density at radius 2 is 2.00 bits per heavy atom. The summed E-state index contributed by atoms with van der Waals surface area (Å²) in [6.45, 7) is 4.25. The Morgan fingerprint density at radius 1 is 1.18 bits per heavy atom. The lowest BCUT2D eigenvalue weighted by molar-refractivity contribution is 1.02. The van der Waals surface area contributed by atoms with Crippen molar-refractivity contribution in [1.29, 1.82) is 0 Å². The molecule has 0 bridgehead atoms. The van der Waals surface area contributed by atoms with E-state index in [9.17, 15) is 0 Å². The maximum absolute atomic E-state index is 4.50. The average Bonchev–Trinajstić information content (AvgIpc) is 2.42. The zero-order valence-electron chi connectivity index (χ0n) is 9.84. The number of hydrogen-bond donors (Lipinski definition) is 0. The monoisotopic (exact) mass is 224 g/mol. The number of hydrogen-bond acceptors (Lipinski definition) is 1. The van der Waals surface area contributed by atoms with Crippen LogP contribution in [-0.2, 0) is 6.54 Å². The van der Waals surface area contributed by atoms with E-state index in [0.717, 1.165) is 24.3 Å². The zero-order valence-corrected chi connectivity index (χ0v) is 9.84. The predicted molar refractivity (Wildman–Crippen MR) is 73.6 cm³/mol. The summed E-state index contributed by atoms with van der Waals surface area (Å²) in [7, 11) is 0. The second-order valence-corrected chi connectivity index (χ2v) is 3.92. The number of nitrogens with zero attached hydrogens (tertiary/aromatic N) is 2. The molecule has 0 fully saturated rings. The minimum Gasteiger partial charge on any atom is -0.261 e. The Labute approximate surface area is 102 Å². The number of benzene rings is 1. The normalized spacial score (nSPS) is 15.5. The van der Waals surface area contributed by atoms with E-state index in [0.29, 0.717) is 6.54 Å². The van der Waals surface area contributed by atoms with Gasteiger partial charge in [0.05, 0.1) is 6.54 Å². The predicted octanol–water partition coefficient (Wildman–Crippen LogP) is 3.56. The Bertz CT molecular complexity index is 467. The third kappa shape index (κ3) is 3.25. The molecule has 0 atom stereocenters. The molecule has 0 spiro atoms. The summed E-state index contributed by atoms with van der Waals surface area (Å²) in [4.78, 5) is 8.51. The fraction of sp³-hybridized carbons (Fsp3) is 0.200. The molecular weight excluding hydrogens is 208 g/mol. The van der Waals surface area contributed by atoms with Crippen molar-refractivity contribution in [2.24, 2.45) is 9.98 Å². The molecule has 2 rings (SSSR count). The summed E-state index contributed by atoms with van der Waals surface area (Å²) in [6.07, 6.45) is 8.55. The molecule has 0 N–H and O–H groups in total. The standard InChI is InChI=1S/C15H16N2/c1-16-15(14-10-6-3-7-11-14)17-12-13-8-4-2-5-9-13/h2,4-6,8-11H,1,3,7,12H2. The van der Waals surface area contributed by atoms with Crippen LogP contribution < -0.4 is 0 Å². The van der Waals surface area contributed by atoms with Crippen LogP contribution in [0.2, 0.25) is 0 Å². The zero-order chi connectivity index (χ0) is 11.9. The molecule has 0 aliphatic heterocycles. The van der Waals surface area contributed by atoms with E-state index >= 15 is 0 Å². The van der Waals surface area contributed by atoms with Gasteiger partial charge in [0.25, 0.3) is 0 Å². The molecule has 2 nitrogen and oxygen atoms in total. The van der Waals surface area contributed by atoms with E-state index < -0.39 is 0 Å². The first kappa shape index (κ1) is 11.5. The van der Waals surface area contributed by atoms with Gasteiger partial charge in [0.2, 0.25) is 0 Å². The first-order valence-electron chi connectivity index (χ1n) is 5.82. The molecule has 1 aromatic rings. The van der Waals surface area contributed by atoms with Crippen molar-refractivity contribution in [2.75, 3.05) is 0 Å². The van der Waals surface area contributed by atoms with Crippen LogP contribution in [0.4, 0.5) is 0 Å². The van der Waals surface area contributed by atoms with Gasteiger partial charge in [0.1, 0.15) is 0 Å². The van der Waals surface area contributed by atoms with Crippen LogP contribution in [0.3, 0.4) is 0 Å². The molecule has 0 aromatic heterocycles. The lowest BCUT2D eigenvalue weighted by Gasteiger charge is -2.06. The highest BCUT2D eigenvalue weighted by molar-refractivity contribution is 6.03. The van der Waals surface area contributed by atoms with Gasteiger partial charge in [-0.1, -0.05) is 48.6 Å². The Balaban J connectivity index is 2.11. The summed E-state index contributed by atoms with van der Waals surface area (Å²) < 4.78 is 0. The molecular formula is C15H16N2. The molecule has 0 unspecified atom stereocenters. The van der Waals surface area contributed by atoms with Crippen LogP contribution in [0.5, 0.6) is 0 Å². The van der Waals surface area contributed by atoms with Crippen LogP contribution in [0.25, 0.3) is 0 Å². The van der Waals surface area contributed by atoms with Gasteiger partial charge in [-0.25, -0.2) is 4.99 Å². The van der Waals surface area contributed by atoms with Crippen molar-refractivity contribution in [3.05, 3.63) is 59.7 Å². The first-order valence-corrected chi connectivity index (χ1v) is 5.82. The first-order chi connectivity index (χ1) is 8.40. The molecule has 86 valence electrons. The summed E-state index contributed by atoms with van der Waals surface area (Å²) in [5.74, 6) is 0.741. The smallest absolute Gasteiger partial charge is 0.153 e. The van der Waals surface area contributed by atoms with E-state index in [4.69, 9.17) is 0 Å². The van der Waals surface area contributed by atoms with Crippen molar-refractivity contribution in [2.45, 2.75) is 19.4 Å². The van der Waals surface area contributed by atoms with E-state index in [2.05, 4.69) is 47.1 Å². The molecule has 0 radical (unpaired) electrons. The molecule has 0 saturated heterocycles.